The Bertz CT molecular complexity index is 415. The Morgan fingerprint density at radius 1 is 1.26 bits per heavy atom. The maximum absolute atomic E-state index is 11.5. The van der Waals surface area contributed by atoms with Crippen LogP contribution in [0.15, 0.2) is 11.1 Å². The molecule has 0 aliphatic carbocycles. The van der Waals surface area contributed by atoms with Gasteiger partial charge in [-0.25, -0.2) is 4.98 Å². The molecule has 0 aliphatic rings. The molecule has 0 saturated carbocycles. The zero-order chi connectivity index (χ0) is 14.1. The molecule has 0 amide bonds. The van der Waals surface area contributed by atoms with Crippen molar-refractivity contribution in [2.45, 2.75) is 13.8 Å². The summed E-state index contributed by atoms with van der Waals surface area (Å²) >= 11 is 5.98. The quantitative estimate of drug-likeness (QED) is 0.694. The van der Waals surface area contributed by atoms with E-state index in [0.717, 1.165) is 0 Å². The van der Waals surface area contributed by atoms with Crippen LogP contribution in [0.5, 0.6) is 0 Å². The minimum absolute atomic E-state index is 0.0931. The van der Waals surface area contributed by atoms with Crippen molar-refractivity contribution in [3.63, 3.8) is 0 Å². The van der Waals surface area contributed by atoms with Crippen molar-refractivity contribution < 1.29 is 9.47 Å². The molecular weight excluding hydrogens is 270 g/mol. The number of ether oxygens (including phenoxy) is 2. The van der Waals surface area contributed by atoms with Gasteiger partial charge in [-0.1, -0.05) is 11.6 Å². The van der Waals surface area contributed by atoms with Gasteiger partial charge in [-0.05, 0) is 13.8 Å². The molecule has 1 rings (SSSR count). The number of rotatable bonds is 9. The summed E-state index contributed by atoms with van der Waals surface area (Å²) in [6, 6.07) is 0. The summed E-state index contributed by atoms with van der Waals surface area (Å²) in [6.07, 6.45) is 1.35. The normalized spacial score (nSPS) is 10.7. The Labute approximate surface area is 117 Å². The van der Waals surface area contributed by atoms with Crippen LogP contribution in [0.25, 0.3) is 0 Å². The first-order valence-electron chi connectivity index (χ1n) is 6.34. The number of H-pyrrole nitrogens is 1. The minimum atomic E-state index is -0.343. The molecule has 0 spiro atoms. The molecule has 0 saturated heterocycles. The van der Waals surface area contributed by atoms with Gasteiger partial charge >= 0.3 is 0 Å². The highest BCUT2D eigenvalue weighted by Gasteiger charge is 2.14. The first kappa shape index (κ1) is 15.9. The SMILES string of the molecule is CCOCCN(CCOCC)c1nc[nH]c(=O)c1Cl. The van der Waals surface area contributed by atoms with Gasteiger partial charge < -0.3 is 19.4 Å². The van der Waals surface area contributed by atoms with Crippen molar-refractivity contribution in [3.05, 3.63) is 21.7 Å². The van der Waals surface area contributed by atoms with E-state index < -0.39 is 0 Å². The van der Waals surface area contributed by atoms with Crippen LogP contribution in [0.2, 0.25) is 5.02 Å². The average Bonchev–Trinajstić information content (AvgIpc) is 2.41. The maximum Gasteiger partial charge on any atom is 0.271 e. The fraction of sp³-hybridized carbons (Fsp3) is 0.667. The third kappa shape index (κ3) is 5.18. The van der Waals surface area contributed by atoms with E-state index in [1.807, 2.05) is 18.7 Å². The van der Waals surface area contributed by atoms with Crippen molar-refractivity contribution in [1.82, 2.24) is 9.97 Å². The average molecular weight is 290 g/mol. The van der Waals surface area contributed by atoms with Crippen LogP contribution in [-0.4, -0.2) is 49.5 Å². The second-order valence-corrected chi connectivity index (χ2v) is 4.13. The Kier molecular flexibility index (Phi) is 7.47. The third-order valence-corrected chi connectivity index (χ3v) is 2.84. The van der Waals surface area contributed by atoms with Gasteiger partial charge in [0, 0.05) is 26.3 Å². The van der Waals surface area contributed by atoms with Gasteiger partial charge in [0.15, 0.2) is 5.82 Å². The molecule has 0 aromatic carbocycles. The van der Waals surface area contributed by atoms with Gasteiger partial charge in [-0.15, -0.1) is 0 Å². The highest BCUT2D eigenvalue weighted by Crippen LogP contribution is 2.17. The standard InChI is InChI=1S/C12H20ClN3O3/c1-3-18-7-5-16(6-8-19-4-2)11-10(13)12(17)15-9-14-11/h9H,3-8H2,1-2H3,(H,14,15,17). The molecule has 0 fully saturated rings. The van der Waals surface area contributed by atoms with Crippen LogP contribution in [-0.2, 0) is 9.47 Å². The zero-order valence-electron chi connectivity index (χ0n) is 11.3. The van der Waals surface area contributed by atoms with Gasteiger partial charge in [0.2, 0.25) is 0 Å². The van der Waals surface area contributed by atoms with Crippen LogP contribution in [0.4, 0.5) is 5.82 Å². The summed E-state index contributed by atoms with van der Waals surface area (Å²) in [6.45, 7) is 7.48. The molecule has 0 radical (unpaired) electrons. The number of halogens is 1. The van der Waals surface area contributed by atoms with Crippen LogP contribution >= 0.6 is 11.6 Å². The maximum atomic E-state index is 11.5. The molecule has 1 aromatic heterocycles. The summed E-state index contributed by atoms with van der Waals surface area (Å²) < 4.78 is 10.6. The molecule has 108 valence electrons. The molecule has 1 heterocycles. The molecule has 0 aliphatic heterocycles. The molecule has 6 nitrogen and oxygen atoms in total. The van der Waals surface area contributed by atoms with E-state index in [2.05, 4.69) is 9.97 Å². The third-order valence-electron chi connectivity index (χ3n) is 2.50. The van der Waals surface area contributed by atoms with Crippen molar-refractivity contribution in [2.24, 2.45) is 0 Å². The lowest BCUT2D eigenvalue weighted by Gasteiger charge is -2.23. The number of hydrogen-bond donors (Lipinski definition) is 1. The van der Waals surface area contributed by atoms with Crippen LogP contribution in [0, 0.1) is 0 Å². The van der Waals surface area contributed by atoms with E-state index in [1.54, 1.807) is 0 Å². The highest BCUT2D eigenvalue weighted by atomic mass is 35.5. The van der Waals surface area contributed by atoms with Crippen molar-refractivity contribution in [1.29, 1.82) is 0 Å². The summed E-state index contributed by atoms with van der Waals surface area (Å²) in [7, 11) is 0. The first-order valence-corrected chi connectivity index (χ1v) is 6.72. The summed E-state index contributed by atoms with van der Waals surface area (Å²) in [5, 5.41) is 0.0931. The minimum Gasteiger partial charge on any atom is -0.380 e. The number of nitrogens with zero attached hydrogens (tertiary/aromatic N) is 2. The predicted molar refractivity (Wildman–Crippen MR) is 75.1 cm³/mol. The summed E-state index contributed by atoms with van der Waals surface area (Å²) in [5.41, 5.74) is -0.343. The van der Waals surface area contributed by atoms with Crippen molar-refractivity contribution >= 4 is 17.4 Å². The molecule has 1 aromatic rings. The molecular formula is C12H20ClN3O3. The number of aromatic nitrogens is 2. The Balaban J connectivity index is 2.75. The monoisotopic (exact) mass is 289 g/mol. The van der Waals surface area contributed by atoms with Gasteiger partial charge in [-0.2, -0.15) is 0 Å². The molecule has 0 unspecified atom stereocenters. The first-order chi connectivity index (χ1) is 9.20. The number of aromatic amines is 1. The van der Waals surface area contributed by atoms with Gasteiger partial charge in [-0.3, -0.25) is 4.79 Å². The van der Waals surface area contributed by atoms with E-state index >= 15 is 0 Å². The second-order valence-electron chi connectivity index (χ2n) is 3.75. The van der Waals surface area contributed by atoms with E-state index in [-0.39, 0.29) is 10.6 Å². The second kappa shape index (κ2) is 8.90. The smallest absolute Gasteiger partial charge is 0.271 e. The summed E-state index contributed by atoms with van der Waals surface area (Å²) in [5.74, 6) is 0.463. The van der Waals surface area contributed by atoms with E-state index in [1.165, 1.54) is 6.33 Å². The number of nitrogens with one attached hydrogen (secondary N) is 1. The van der Waals surface area contributed by atoms with E-state index in [9.17, 15) is 4.79 Å². The van der Waals surface area contributed by atoms with Crippen molar-refractivity contribution in [3.8, 4) is 0 Å². The predicted octanol–water partition coefficient (Wildman–Crippen LogP) is 1.30. The topological polar surface area (TPSA) is 67.5 Å². The summed E-state index contributed by atoms with van der Waals surface area (Å²) in [4.78, 5) is 19.9. The lowest BCUT2D eigenvalue weighted by Crippen LogP contribution is -2.33. The van der Waals surface area contributed by atoms with Gasteiger partial charge in [0.25, 0.3) is 5.56 Å². The molecule has 0 atom stereocenters. The number of anilines is 1. The number of hydrogen-bond acceptors (Lipinski definition) is 5. The molecule has 1 N–H and O–H groups in total. The highest BCUT2D eigenvalue weighted by molar-refractivity contribution is 6.32. The van der Waals surface area contributed by atoms with Crippen LogP contribution in [0.1, 0.15) is 13.8 Å². The largest absolute Gasteiger partial charge is 0.380 e. The molecule has 19 heavy (non-hydrogen) atoms. The van der Waals surface area contributed by atoms with Crippen molar-refractivity contribution in [2.75, 3.05) is 44.4 Å². The Morgan fingerprint density at radius 3 is 2.37 bits per heavy atom. The fourth-order valence-electron chi connectivity index (χ4n) is 1.56. The van der Waals surface area contributed by atoms with E-state index in [0.29, 0.717) is 45.3 Å². The van der Waals surface area contributed by atoms with Gasteiger partial charge in [0.1, 0.15) is 5.02 Å². The zero-order valence-corrected chi connectivity index (χ0v) is 12.1. The Morgan fingerprint density at radius 2 is 1.84 bits per heavy atom. The fourth-order valence-corrected chi connectivity index (χ4v) is 1.78. The molecule has 7 heteroatoms. The van der Waals surface area contributed by atoms with Gasteiger partial charge in [0.05, 0.1) is 19.5 Å². The van der Waals surface area contributed by atoms with E-state index in [4.69, 9.17) is 21.1 Å². The van der Waals surface area contributed by atoms with Crippen LogP contribution in [0.3, 0.4) is 0 Å². The van der Waals surface area contributed by atoms with Crippen LogP contribution < -0.4 is 10.5 Å². The molecule has 0 bridgehead atoms. The Hall–Kier alpha value is -1.11. The lowest BCUT2D eigenvalue weighted by atomic mass is 10.4. The lowest BCUT2D eigenvalue weighted by molar-refractivity contribution is 0.141.